The molecule has 1 aliphatic rings. The molecule has 1 saturated heterocycles. The van der Waals surface area contributed by atoms with Gasteiger partial charge in [0.15, 0.2) is 0 Å². The summed E-state index contributed by atoms with van der Waals surface area (Å²) < 4.78 is 13.0. The van der Waals surface area contributed by atoms with E-state index in [0.29, 0.717) is 6.54 Å². The van der Waals surface area contributed by atoms with Crippen LogP contribution in [0.25, 0.3) is 0 Å². The second-order valence-corrected chi connectivity index (χ2v) is 3.02. The van der Waals surface area contributed by atoms with E-state index in [4.69, 9.17) is 0 Å². The Labute approximate surface area is 61.4 Å². The number of likely N-dealkylation sites (N-methyl/N-ethyl adjacent to an activating group) is 1. The van der Waals surface area contributed by atoms with E-state index < -0.39 is 6.17 Å². The van der Waals surface area contributed by atoms with Crippen molar-refractivity contribution >= 4 is 0 Å². The summed E-state index contributed by atoms with van der Waals surface area (Å²) in [6.07, 6.45) is -0.715. The first-order chi connectivity index (χ1) is 4.70. The van der Waals surface area contributed by atoms with Crippen molar-refractivity contribution in [1.82, 2.24) is 10.2 Å². The molecule has 1 fully saturated rings. The van der Waals surface area contributed by atoms with Gasteiger partial charge in [-0.15, -0.1) is 0 Å². The highest BCUT2D eigenvalue weighted by molar-refractivity contribution is 4.78. The summed E-state index contributed by atoms with van der Waals surface area (Å²) >= 11 is 0. The number of hydrogen-bond acceptors (Lipinski definition) is 2. The predicted octanol–water partition coefficient (Wildman–Crippen LogP) is 0.248. The monoisotopic (exact) mass is 146 g/mol. The number of hydrogen-bond donors (Lipinski definition) is 1. The van der Waals surface area contributed by atoms with Gasteiger partial charge in [0.25, 0.3) is 0 Å². The lowest BCUT2D eigenvalue weighted by atomic mass is 10.2. The zero-order valence-electron chi connectivity index (χ0n) is 6.60. The van der Waals surface area contributed by atoms with E-state index in [2.05, 4.69) is 5.32 Å². The summed E-state index contributed by atoms with van der Waals surface area (Å²) in [4.78, 5) is 2.02. The van der Waals surface area contributed by atoms with Crippen molar-refractivity contribution in [3.63, 3.8) is 0 Å². The summed E-state index contributed by atoms with van der Waals surface area (Å²) in [5.41, 5.74) is 0. The van der Waals surface area contributed by atoms with Crippen molar-refractivity contribution in [2.24, 2.45) is 0 Å². The first kappa shape index (κ1) is 7.95. The molecule has 1 rings (SSSR count). The van der Waals surface area contributed by atoms with Gasteiger partial charge in [-0.05, 0) is 14.0 Å². The third kappa shape index (κ3) is 1.92. The highest BCUT2D eigenvalue weighted by atomic mass is 19.1. The lowest BCUT2D eigenvalue weighted by Gasteiger charge is -2.15. The van der Waals surface area contributed by atoms with Gasteiger partial charge in [0, 0.05) is 25.7 Å². The lowest BCUT2D eigenvalue weighted by Crippen LogP contribution is -2.35. The molecule has 0 spiro atoms. The van der Waals surface area contributed by atoms with Crippen molar-refractivity contribution in [2.45, 2.75) is 19.1 Å². The first-order valence-corrected chi connectivity index (χ1v) is 3.76. The number of nitrogens with one attached hydrogen (secondary N) is 1. The zero-order chi connectivity index (χ0) is 7.56. The molecule has 2 nitrogen and oxygen atoms in total. The summed E-state index contributed by atoms with van der Waals surface area (Å²) in [6.45, 7) is 4.31. The van der Waals surface area contributed by atoms with E-state index in [1.54, 1.807) is 0 Å². The number of alkyl halides is 1. The van der Waals surface area contributed by atoms with Crippen LogP contribution in [0.1, 0.15) is 6.92 Å². The second kappa shape index (κ2) is 3.30. The van der Waals surface area contributed by atoms with Crippen molar-refractivity contribution in [1.29, 1.82) is 0 Å². The quantitative estimate of drug-likeness (QED) is 0.527. The third-order valence-electron chi connectivity index (χ3n) is 1.99. The van der Waals surface area contributed by atoms with Crippen LogP contribution >= 0.6 is 0 Å². The fraction of sp³-hybridized carbons (Fsp3) is 1.00. The average molecular weight is 146 g/mol. The van der Waals surface area contributed by atoms with Crippen molar-refractivity contribution in [3.8, 4) is 0 Å². The maximum Gasteiger partial charge on any atom is 0.128 e. The van der Waals surface area contributed by atoms with Crippen LogP contribution in [0.3, 0.4) is 0 Å². The SMILES string of the molecule is CC1NCCN(C)CC1F. The Morgan fingerprint density at radius 2 is 2.30 bits per heavy atom. The third-order valence-corrected chi connectivity index (χ3v) is 1.99. The lowest BCUT2D eigenvalue weighted by molar-refractivity contribution is 0.219. The van der Waals surface area contributed by atoms with Gasteiger partial charge >= 0.3 is 0 Å². The van der Waals surface area contributed by atoms with E-state index in [1.807, 2.05) is 18.9 Å². The topological polar surface area (TPSA) is 15.3 Å². The Morgan fingerprint density at radius 1 is 1.60 bits per heavy atom. The largest absolute Gasteiger partial charge is 0.310 e. The minimum Gasteiger partial charge on any atom is -0.310 e. The number of rotatable bonds is 0. The van der Waals surface area contributed by atoms with Crippen LogP contribution in [0.4, 0.5) is 4.39 Å². The van der Waals surface area contributed by atoms with Gasteiger partial charge in [0.1, 0.15) is 6.17 Å². The molecule has 1 N–H and O–H groups in total. The van der Waals surface area contributed by atoms with Crippen LogP contribution in [-0.2, 0) is 0 Å². The molecule has 60 valence electrons. The van der Waals surface area contributed by atoms with Crippen molar-refractivity contribution < 1.29 is 4.39 Å². The molecule has 0 saturated carbocycles. The fourth-order valence-corrected chi connectivity index (χ4v) is 1.16. The van der Waals surface area contributed by atoms with Gasteiger partial charge in [0.2, 0.25) is 0 Å². The zero-order valence-corrected chi connectivity index (χ0v) is 6.60. The van der Waals surface area contributed by atoms with Crippen LogP contribution in [0.2, 0.25) is 0 Å². The molecule has 0 amide bonds. The molecule has 3 heteroatoms. The summed E-state index contributed by atoms with van der Waals surface area (Å²) in [6, 6.07) is 0.0185. The van der Waals surface area contributed by atoms with E-state index in [0.717, 1.165) is 13.1 Å². The van der Waals surface area contributed by atoms with Gasteiger partial charge < -0.3 is 10.2 Å². The van der Waals surface area contributed by atoms with E-state index in [1.165, 1.54) is 0 Å². The Balaban J connectivity index is 2.41. The van der Waals surface area contributed by atoms with Gasteiger partial charge in [-0.2, -0.15) is 0 Å². The van der Waals surface area contributed by atoms with Crippen LogP contribution in [0.15, 0.2) is 0 Å². The molecular formula is C7H15FN2. The molecule has 2 unspecified atom stereocenters. The van der Waals surface area contributed by atoms with Crippen molar-refractivity contribution in [3.05, 3.63) is 0 Å². The van der Waals surface area contributed by atoms with Gasteiger partial charge in [0.05, 0.1) is 0 Å². The van der Waals surface area contributed by atoms with Crippen LogP contribution < -0.4 is 5.32 Å². The van der Waals surface area contributed by atoms with Gasteiger partial charge in [-0.1, -0.05) is 0 Å². The van der Waals surface area contributed by atoms with Crippen LogP contribution in [0, 0.1) is 0 Å². The standard InChI is InChI=1S/C7H15FN2/c1-6-7(8)5-10(2)4-3-9-6/h6-7,9H,3-5H2,1-2H3. The Hall–Kier alpha value is -0.150. The fourth-order valence-electron chi connectivity index (χ4n) is 1.16. The predicted molar refractivity (Wildman–Crippen MR) is 39.9 cm³/mol. The highest BCUT2D eigenvalue weighted by Crippen LogP contribution is 2.03. The summed E-state index contributed by atoms with van der Waals surface area (Å²) in [5.74, 6) is 0. The molecule has 10 heavy (non-hydrogen) atoms. The minimum absolute atomic E-state index is 0.0185. The molecule has 0 aromatic carbocycles. The normalized spacial score (nSPS) is 37.5. The van der Waals surface area contributed by atoms with E-state index in [-0.39, 0.29) is 6.04 Å². The van der Waals surface area contributed by atoms with Gasteiger partial charge in [-0.25, -0.2) is 4.39 Å². The molecule has 0 radical (unpaired) electrons. The summed E-state index contributed by atoms with van der Waals surface area (Å²) in [7, 11) is 1.95. The molecule has 0 aliphatic carbocycles. The van der Waals surface area contributed by atoms with Crippen LogP contribution in [-0.4, -0.2) is 43.8 Å². The number of nitrogens with zero attached hydrogens (tertiary/aromatic N) is 1. The molecule has 0 aromatic heterocycles. The molecule has 0 aromatic rings. The van der Waals surface area contributed by atoms with E-state index in [9.17, 15) is 4.39 Å². The maximum absolute atomic E-state index is 13.0. The minimum atomic E-state index is -0.715. The Bertz CT molecular complexity index is 108. The maximum atomic E-state index is 13.0. The van der Waals surface area contributed by atoms with E-state index >= 15 is 0 Å². The van der Waals surface area contributed by atoms with Crippen molar-refractivity contribution in [2.75, 3.05) is 26.7 Å². The molecule has 0 bridgehead atoms. The van der Waals surface area contributed by atoms with Gasteiger partial charge in [-0.3, -0.25) is 0 Å². The summed E-state index contributed by atoms with van der Waals surface area (Å²) in [5, 5.41) is 3.11. The smallest absolute Gasteiger partial charge is 0.128 e. The molecule has 2 atom stereocenters. The molecule has 1 heterocycles. The first-order valence-electron chi connectivity index (χ1n) is 3.76. The Kier molecular flexibility index (Phi) is 2.63. The second-order valence-electron chi connectivity index (χ2n) is 3.02. The van der Waals surface area contributed by atoms with Crippen LogP contribution in [0.5, 0.6) is 0 Å². The molecular weight excluding hydrogens is 131 g/mol. The Morgan fingerprint density at radius 3 is 3.00 bits per heavy atom. The highest BCUT2D eigenvalue weighted by Gasteiger charge is 2.20. The molecule has 1 aliphatic heterocycles. The average Bonchev–Trinajstić information content (AvgIpc) is 1.96. The number of halogens is 1.